The summed E-state index contributed by atoms with van der Waals surface area (Å²) in [7, 11) is 0. The number of nitro benzene ring substituents is 1. The summed E-state index contributed by atoms with van der Waals surface area (Å²) in [5.41, 5.74) is 0.0986. The van der Waals surface area contributed by atoms with Crippen molar-refractivity contribution in [1.29, 1.82) is 0 Å². The number of hydrogen-bond donors (Lipinski definition) is 1. The van der Waals surface area contributed by atoms with Crippen LogP contribution in [-0.2, 0) is 4.79 Å². The zero-order chi connectivity index (χ0) is 17.0. The van der Waals surface area contributed by atoms with Gasteiger partial charge in [0.15, 0.2) is 6.61 Å². The van der Waals surface area contributed by atoms with Crippen molar-refractivity contribution in [3.05, 3.63) is 61.6 Å². The van der Waals surface area contributed by atoms with E-state index in [1.807, 2.05) is 0 Å². The molecular formula is C14H9Cl3N2O4. The lowest BCUT2D eigenvalue weighted by Gasteiger charge is -2.09. The number of hydrogen-bond acceptors (Lipinski definition) is 4. The average molecular weight is 376 g/mol. The number of carbonyl (C=O) groups is 1. The largest absolute Gasteiger partial charge is 0.476 e. The van der Waals surface area contributed by atoms with Gasteiger partial charge in [-0.15, -0.1) is 0 Å². The minimum Gasteiger partial charge on any atom is -0.476 e. The van der Waals surface area contributed by atoms with Crippen LogP contribution >= 0.6 is 34.8 Å². The third-order valence-electron chi connectivity index (χ3n) is 2.66. The quantitative estimate of drug-likeness (QED) is 0.613. The van der Waals surface area contributed by atoms with Crippen LogP contribution in [0.2, 0.25) is 15.1 Å². The predicted octanol–water partition coefficient (Wildman–Crippen LogP) is 4.57. The topological polar surface area (TPSA) is 81.5 Å². The molecule has 2 aromatic carbocycles. The van der Waals surface area contributed by atoms with Gasteiger partial charge in [0.2, 0.25) is 5.75 Å². The van der Waals surface area contributed by atoms with Crippen LogP contribution in [0.25, 0.3) is 0 Å². The summed E-state index contributed by atoms with van der Waals surface area (Å²) in [6.07, 6.45) is 0. The fraction of sp³-hybridized carbons (Fsp3) is 0.0714. The second kappa shape index (κ2) is 7.50. The van der Waals surface area contributed by atoms with E-state index in [1.165, 1.54) is 6.07 Å². The zero-order valence-electron chi connectivity index (χ0n) is 11.4. The second-order valence-corrected chi connectivity index (χ2v) is 5.62. The Balaban J connectivity index is 2.07. The van der Waals surface area contributed by atoms with Crippen LogP contribution in [0.4, 0.5) is 11.4 Å². The second-order valence-electron chi connectivity index (χ2n) is 4.34. The van der Waals surface area contributed by atoms with Crippen molar-refractivity contribution in [1.82, 2.24) is 0 Å². The Kier molecular flexibility index (Phi) is 5.65. The van der Waals surface area contributed by atoms with Gasteiger partial charge in [-0.05, 0) is 30.3 Å². The molecule has 0 aliphatic rings. The first-order valence-electron chi connectivity index (χ1n) is 6.18. The van der Waals surface area contributed by atoms with Crippen molar-refractivity contribution in [2.75, 3.05) is 11.9 Å². The number of nitro groups is 1. The van der Waals surface area contributed by atoms with Crippen molar-refractivity contribution < 1.29 is 14.5 Å². The molecule has 0 heterocycles. The number of nitrogens with zero attached hydrogens (tertiary/aromatic N) is 1. The Labute approximate surface area is 146 Å². The molecule has 2 aromatic rings. The first-order chi connectivity index (χ1) is 10.9. The van der Waals surface area contributed by atoms with Crippen molar-refractivity contribution in [2.24, 2.45) is 0 Å². The van der Waals surface area contributed by atoms with E-state index in [1.54, 1.807) is 24.3 Å². The maximum atomic E-state index is 11.8. The molecule has 0 saturated carbocycles. The number of ether oxygens (including phenoxy) is 1. The molecular weight excluding hydrogens is 367 g/mol. The van der Waals surface area contributed by atoms with Crippen molar-refractivity contribution in [2.45, 2.75) is 0 Å². The summed E-state index contributed by atoms with van der Waals surface area (Å²) < 4.78 is 5.17. The predicted molar refractivity (Wildman–Crippen MR) is 88.7 cm³/mol. The van der Waals surface area contributed by atoms with Gasteiger partial charge in [-0.2, -0.15) is 0 Å². The van der Waals surface area contributed by atoms with E-state index in [9.17, 15) is 14.9 Å². The number of halogens is 3. The molecule has 9 heteroatoms. The third kappa shape index (κ3) is 4.72. The van der Waals surface area contributed by atoms with Gasteiger partial charge in [0, 0.05) is 21.8 Å². The molecule has 0 aromatic heterocycles. The van der Waals surface area contributed by atoms with Crippen molar-refractivity contribution in [3.63, 3.8) is 0 Å². The Morgan fingerprint density at radius 3 is 2.39 bits per heavy atom. The van der Waals surface area contributed by atoms with E-state index in [0.29, 0.717) is 10.7 Å². The molecule has 1 amide bonds. The van der Waals surface area contributed by atoms with E-state index < -0.39 is 23.1 Å². The molecule has 0 atom stereocenters. The molecule has 0 aliphatic heterocycles. The highest BCUT2D eigenvalue weighted by Crippen LogP contribution is 2.37. The third-order valence-corrected chi connectivity index (χ3v) is 3.41. The van der Waals surface area contributed by atoms with Crippen LogP contribution < -0.4 is 10.1 Å². The van der Waals surface area contributed by atoms with Crippen LogP contribution in [0.15, 0.2) is 36.4 Å². The van der Waals surface area contributed by atoms with Gasteiger partial charge >= 0.3 is 5.69 Å². The number of rotatable bonds is 5. The maximum absolute atomic E-state index is 11.8. The first kappa shape index (κ1) is 17.3. The van der Waals surface area contributed by atoms with Gasteiger partial charge in [-0.1, -0.05) is 34.8 Å². The van der Waals surface area contributed by atoms with Gasteiger partial charge in [-0.25, -0.2) is 0 Å². The Morgan fingerprint density at radius 2 is 1.78 bits per heavy atom. The SMILES string of the molecule is O=C(COc1c(Cl)cc(Cl)cc1[N+](=O)[O-])Nc1ccc(Cl)cc1. The van der Waals surface area contributed by atoms with Crippen LogP contribution in [0.1, 0.15) is 0 Å². The highest BCUT2D eigenvalue weighted by Gasteiger charge is 2.21. The molecule has 0 radical (unpaired) electrons. The molecule has 0 spiro atoms. The molecule has 6 nitrogen and oxygen atoms in total. The molecule has 2 rings (SSSR count). The van der Waals surface area contributed by atoms with E-state index in [0.717, 1.165) is 6.07 Å². The summed E-state index contributed by atoms with van der Waals surface area (Å²) >= 11 is 17.3. The Morgan fingerprint density at radius 1 is 1.13 bits per heavy atom. The summed E-state index contributed by atoms with van der Waals surface area (Å²) in [4.78, 5) is 22.1. The number of anilines is 1. The Hall–Kier alpha value is -2.02. The molecule has 23 heavy (non-hydrogen) atoms. The van der Waals surface area contributed by atoms with E-state index in [4.69, 9.17) is 39.5 Å². The molecule has 0 saturated heterocycles. The summed E-state index contributed by atoms with van der Waals surface area (Å²) in [6.45, 7) is -0.454. The molecule has 0 fully saturated rings. The molecule has 120 valence electrons. The number of carbonyl (C=O) groups excluding carboxylic acids is 1. The van der Waals surface area contributed by atoms with E-state index in [2.05, 4.69) is 5.32 Å². The van der Waals surface area contributed by atoms with Gasteiger partial charge in [-0.3, -0.25) is 14.9 Å². The van der Waals surface area contributed by atoms with E-state index >= 15 is 0 Å². The highest BCUT2D eigenvalue weighted by atomic mass is 35.5. The van der Waals surface area contributed by atoms with Gasteiger partial charge in [0.1, 0.15) is 0 Å². The van der Waals surface area contributed by atoms with Crippen LogP contribution in [0.5, 0.6) is 5.75 Å². The summed E-state index contributed by atoms with van der Waals surface area (Å²) in [6, 6.07) is 8.83. The van der Waals surface area contributed by atoms with Crippen molar-refractivity contribution >= 4 is 52.1 Å². The fourth-order valence-electron chi connectivity index (χ4n) is 1.69. The molecule has 0 aliphatic carbocycles. The van der Waals surface area contributed by atoms with Crippen LogP contribution in [-0.4, -0.2) is 17.4 Å². The van der Waals surface area contributed by atoms with E-state index in [-0.39, 0.29) is 15.8 Å². The molecule has 0 unspecified atom stereocenters. The normalized spacial score (nSPS) is 10.2. The monoisotopic (exact) mass is 374 g/mol. The number of benzene rings is 2. The smallest absolute Gasteiger partial charge is 0.314 e. The fourth-order valence-corrected chi connectivity index (χ4v) is 2.36. The standard InChI is InChI=1S/C14H9Cl3N2O4/c15-8-1-3-10(4-2-8)18-13(20)7-23-14-11(17)5-9(16)6-12(14)19(21)22/h1-6H,7H2,(H,18,20). The number of nitrogens with one attached hydrogen (secondary N) is 1. The van der Waals surface area contributed by atoms with Crippen molar-refractivity contribution in [3.8, 4) is 5.75 Å². The van der Waals surface area contributed by atoms with Crippen LogP contribution in [0.3, 0.4) is 0 Å². The zero-order valence-corrected chi connectivity index (χ0v) is 13.7. The van der Waals surface area contributed by atoms with Gasteiger partial charge < -0.3 is 10.1 Å². The van der Waals surface area contributed by atoms with Crippen LogP contribution in [0, 0.1) is 10.1 Å². The highest BCUT2D eigenvalue weighted by molar-refractivity contribution is 6.36. The molecule has 1 N–H and O–H groups in total. The lowest BCUT2D eigenvalue weighted by Crippen LogP contribution is -2.20. The Bertz CT molecular complexity index is 750. The lowest BCUT2D eigenvalue weighted by molar-refractivity contribution is -0.385. The first-order valence-corrected chi connectivity index (χ1v) is 7.32. The number of amides is 1. The lowest BCUT2D eigenvalue weighted by atomic mass is 10.3. The average Bonchev–Trinajstić information content (AvgIpc) is 2.48. The maximum Gasteiger partial charge on any atom is 0.314 e. The minimum atomic E-state index is -0.690. The van der Waals surface area contributed by atoms with Gasteiger partial charge in [0.25, 0.3) is 5.91 Å². The summed E-state index contributed by atoms with van der Waals surface area (Å²) in [5, 5.41) is 14.1. The summed E-state index contributed by atoms with van der Waals surface area (Å²) in [5.74, 6) is -0.722. The van der Waals surface area contributed by atoms with Gasteiger partial charge in [0.05, 0.1) is 9.95 Å². The minimum absolute atomic E-state index is 0.0523. The molecule has 0 bridgehead atoms.